The summed E-state index contributed by atoms with van der Waals surface area (Å²) < 4.78 is 1.91. The van der Waals surface area contributed by atoms with Gasteiger partial charge in [-0.25, -0.2) is 4.98 Å². The van der Waals surface area contributed by atoms with Crippen molar-refractivity contribution in [1.29, 1.82) is 0 Å². The molecular formula is C15H20N2O. The van der Waals surface area contributed by atoms with Gasteiger partial charge in [0.1, 0.15) is 0 Å². The van der Waals surface area contributed by atoms with E-state index in [1.807, 2.05) is 10.8 Å². The van der Waals surface area contributed by atoms with Crippen LogP contribution in [0.1, 0.15) is 23.1 Å². The fourth-order valence-electron chi connectivity index (χ4n) is 2.18. The molecule has 1 atom stereocenters. The third kappa shape index (κ3) is 3.44. The first-order valence-electron chi connectivity index (χ1n) is 6.35. The molecule has 1 aromatic carbocycles. The zero-order valence-corrected chi connectivity index (χ0v) is 11.0. The zero-order valence-electron chi connectivity index (χ0n) is 11.0. The Kier molecular flexibility index (Phi) is 4.15. The standard InChI is InChI=1S/C15H20N2O/c1-12-3-4-14(13(2)9-12)5-6-15(18)10-17-8-7-16-11-17/h3-4,7-9,11,15,18H,5-6,10H2,1-2H3. The molecule has 18 heavy (non-hydrogen) atoms. The van der Waals surface area contributed by atoms with Gasteiger partial charge in [-0.3, -0.25) is 0 Å². The van der Waals surface area contributed by atoms with Crippen LogP contribution >= 0.6 is 0 Å². The molecule has 96 valence electrons. The van der Waals surface area contributed by atoms with Gasteiger partial charge in [-0.1, -0.05) is 23.8 Å². The summed E-state index contributed by atoms with van der Waals surface area (Å²) in [5.74, 6) is 0. The Morgan fingerprint density at radius 3 is 2.83 bits per heavy atom. The number of nitrogens with zero attached hydrogens (tertiary/aromatic N) is 2. The average molecular weight is 244 g/mol. The van der Waals surface area contributed by atoms with Gasteiger partial charge in [0.05, 0.1) is 12.4 Å². The lowest BCUT2D eigenvalue weighted by atomic mass is 10.00. The maximum absolute atomic E-state index is 9.98. The molecule has 0 saturated carbocycles. The molecule has 2 rings (SSSR count). The van der Waals surface area contributed by atoms with Crippen LogP contribution in [-0.2, 0) is 13.0 Å². The van der Waals surface area contributed by atoms with E-state index >= 15 is 0 Å². The fraction of sp³-hybridized carbons (Fsp3) is 0.400. The molecule has 2 aromatic rings. The number of aromatic nitrogens is 2. The van der Waals surface area contributed by atoms with Crippen LogP contribution in [0.15, 0.2) is 36.9 Å². The predicted molar refractivity (Wildman–Crippen MR) is 72.5 cm³/mol. The van der Waals surface area contributed by atoms with E-state index in [1.54, 1.807) is 12.5 Å². The molecule has 0 aliphatic carbocycles. The van der Waals surface area contributed by atoms with Crippen molar-refractivity contribution in [2.45, 2.75) is 39.3 Å². The van der Waals surface area contributed by atoms with Crippen LogP contribution in [0.2, 0.25) is 0 Å². The second kappa shape index (κ2) is 5.83. The van der Waals surface area contributed by atoms with E-state index in [1.165, 1.54) is 16.7 Å². The molecule has 1 heterocycles. The quantitative estimate of drug-likeness (QED) is 0.877. The Hall–Kier alpha value is -1.61. The van der Waals surface area contributed by atoms with Crippen molar-refractivity contribution < 1.29 is 5.11 Å². The van der Waals surface area contributed by atoms with E-state index in [4.69, 9.17) is 0 Å². The molecule has 3 nitrogen and oxygen atoms in total. The lowest BCUT2D eigenvalue weighted by molar-refractivity contribution is 0.144. The number of benzene rings is 1. The highest BCUT2D eigenvalue weighted by Crippen LogP contribution is 2.13. The van der Waals surface area contributed by atoms with Crippen LogP contribution in [0.3, 0.4) is 0 Å². The van der Waals surface area contributed by atoms with Crippen LogP contribution in [0, 0.1) is 13.8 Å². The van der Waals surface area contributed by atoms with Gasteiger partial charge < -0.3 is 9.67 Å². The minimum Gasteiger partial charge on any atom is -0.391 e. The fourth-order valence-corrected chi connectivity index (χ4v) is 2.18. The predicted octanol–water partition coefficient (Wildman–Crippen LogP) is 2.49. The first-order chi connectivity index (χ1) is 8.65. The molecule has 1 unspecified atom stereocenters. The third-order valence-electron chi connectivity index (χ3n) is 3.23. The molecule has 0 bridgehead atoms. The van der Waals surface area contributed by atoms with Crippen molar-refractivity contribution in [1.82, 2.24) is 9.55 Å². The summed E-state index contributed by atoms with van der Waals surface area (Å²) in [5, 5.41) is 9.98. The van der Waals surface area contributed by atoms with Gasteiger partial charge in [0.2, 0.25) is 0 Å². The monoisotopic (exact) mass is 244 g/mol. The van der Waals surface area contributed by atoms with Gasteiger partial charge in [-0.2, -0.15) is 0 Å². The molecule has 0 aliphatic rings. The molecule has 0 aliphatic heterocycles. The van der Waals surface area contributed by atoms with Gasteiger partial charge in [0.15, 0.2) is 0 Å². The second-order valence-corrected chi connectivity index (χ2v) is 4.88. The zero-order chi connectivity index (χ0) is 13.0. The summed E-state index contributed by atoms with van der Waals surface area (Å²) in [4.78, 5) is 3.97. The van der Waals surface area contributed by atoms with Crippen molar-refractivity contribution in [3.05, 3.63) is 53.6 Å². The normalized spacial score (nSPS) is 12.6. The Labute approximate surface area is 108 Å². The van der Waals surface area contributed by atoms with Crippen molar-refractivity contribution in [3.63, 3.8) is 0 Å². The maximum atomic E-state index is 9.98. The van der Waals surface area contributed by atoms with Crippen molar-refractivity contribution >= 4 is 0 Å². The summed E-state index contributed by atoms with van der Waals surface area (Å²) in [7, 11) is 0. The Morgan fingerprint density at radius 2 is 2.17 bits per heavy atom. The van der Waals surface area contributed by atoms with Crippen LogP contribution < -0.4 is 0 Å². The van der Waals surface area contributed by atoms with Crippen LogP contribution in [0.5, 0.6) is 0 Å². The molecule has 1 aromatic heterocycles. The van der Waals surface area contributed by atoms with Crippen LogP contribution in [-0.4, -0.2) is 20.8 Å². The van der Waals surface area contributed by atoms with Gasteiger partial charge in [0, 0.05) is 18.9 Å². The van der Waals surface area contributed by atoms with E-state index in [-0.39, 0.29) is 6.10 Å². The van der Waals surface area contributed by atoms with E-state index in [0.717, 1.165) is 12.8 Å². The van der Waals surface area contributed by atoms with Crippen LogP contribution in [0.4, 0.5) is 0 Å². The SMILES string of the molecule is Cc1ccc(CCC(O)Cn2ccnc2)c(C)c1. The number of aliphatic hydroxyl groups excluding tert-OH is 1. The molecule has 1 N–H and O–H groups in total. The summed E-state index contributed by atoms with van der Waals surface area (Å²) in [6.07, 6.45) is 6.72. The highest BCUT2D eigenvalue weighted by Gasteiger charge is 2.06. The number of imidazole rings is 1. The van der Waals surface area contributed by atoms with Gasteiger partial charge in [-0.05, 0) is 37.8 Å². The summed E-state index contributed by atoms with van der Waals surface area (Å²) >= 11 is 0. The van der Waals surface area contributed by atoms with E-state index in [0.29, 0.717) is 6.54 Å². The lowest BCUT2D eigenvalue weighted by Gasteiger charge is -2.12. The number of hydrogen-bond acceptors (Lipinski definition) is 2. The molecule has 0 saturated heterocycles. The van der Waals surface area contributed by atoms with Crippen molar-refractivity contribution in [3.8, 4) is 0 Å². The molecule has 0 radical (unpaired) electrons. The van der Waals surface area contributed by atoms with E-state index in [9.17, 15) is 5.11 Å². The minimum absolute atomic E-state index is 0.320. The smallest absolute Gasteiger partial charge is 0.0946 e. The van der Waals surface area contributed by atoms with Crippen molar-refractivity contribution in [2.75, 3.05) is 0 Å². The summed E-state index contributed by atoms with van der Waals surface area (Å²) in [6, 6.07) is 6.48. The molecular weight excluding hydrogens is 224 g/mol. The Bertz CT molecular complexity index is 491. The Morgan fingerprint density at radius 1 is 1.33 bits per heavy atom. The average Bonchev–Trinajstić information content (AvgIpc) is 2.80. The van der Waals surface area contributed by atoms with E-state index < -0.39 is 0 Å². The topological polar surface area (TPSA) is 38.0 Å². The molecule has 3 heteroatoms. The van der Waals surface area contributed by atoms with E-state index in [2.05, 4.69) is 37.0 Å². The molecule has 0 fully saturated rings. The molecule has 0 amide bonds. The molecule has 0 spiro atoms. The second-order valence-electron chi connectivity index (χ2n) is 4.88. The number of rotatable bonds is 5. The number of aryl methyl sites for hydroxylation is 3. The third-order valence-corrected chi connectivity index (χ3v) is 3.23. The number of aliphatic hydroxyl groups is 1. The van der Waals surface area contributed by atoms with Gasteiger partial charge in [-0.15, -0.1) is 0 Å². The Balaban J connectivity index is 1.87. The van der Waals surface area contributed by atoms with Crippen molar-refractivity contribution in [2.24, 2.45) is 0 Å². The first-order valence-corrected chi connectivity index (χ1v) is 6.35. The van der Waals surface area contributed by atoms with Gasteiger partial charge >= 0.3 is 0 Å². The number of hydrogen-bond donors (Lipinski definition) is 1. The lowest BCUT2D eigenvalue weighted by Crippen LogP contribution is -2.16. The maximum Gasteiger partial charge on any atom is 0.0946 e. The highest BCUT2D eigenvalue weighted by atomic mass is 16.3. The van der Waals surface area contributed by atoms with Gasteiger partial charge in [0.25, 0.3) is 0 Å². The summed E-state index contributed by atoms with van der Waals surface area (Å²) in [6.45, 7) is 4.85. The summed E-state index contributed by atoms with van der Waals surface area (Å²) in [5.41, 5.74) is 3.92. The van der Waals surface area contributed by atoms with Crippen LogP contribution in [0.25, 0.3) is 0 Å². The minimum atomic E-state index is -0.320. The largest absolute Gasteiger partial charge is 0.391 e. The first kappa shape index (κ1) is 12.8. The highest BCUT2D eigenvalue weighted by molar-refractivity contribution is 5.30.